The lowest BCUT2D eigenvalue weighted by Crippen LogP contribution is -2.46. The smallest absolute Gasteiger partial charge is 0.323 e. The van der Waals surface area contributed by atoms with Crippen molar-refractivity contribution in [1.82, 2.24) is 0 Å². The maximum Gasteiger partial charge on any atom is 0.323 e. The van der Waals surface area contributed by atoms with Gasteiger partial charge in [0.15, 0.2) is 5.41 Å². The molecule has 0 radical (unpaired) electrons. The van der Waals surface area contributed by atoms with E-state index in [9.17, 15) is 14.7 Å². The van der Waals surface area contributed by atoms with Gasteiger partial charge in [-0.3, -0.25) is 9.59 Å². The summed E-state index contributed by atoms with van der Waals surface area (Å²) in [4.78, 5) is 23.9. The summed E-state index contributed by atoms with van der Waals surface area (Å²) in [6.45, 7) is 3.34. The highest BCUT2D eigenvalue weighted by atomic mass is 16.5. The molecule has 5 heteroatoms. The van der Waals surface area contributed by atoms with Gasteiger partial charge in [-0.2, -0.15) is 0 Å². The number of hydrogen-bond donors (Lipinski definition) is 1. The van der Waals surface area contributed by atoms with E-state index >= 15 is 0 Å². The van der Waals surface area contributed by atoms with E-state index in [1.54, 1.807) is 14.0 Å². The van der Waals surface area contributed by atoms with Gasteiger partial charge in [0.2, 0.25) is 0 Å². The molecule has 0 aromatic heterocycles. The number of rotatable bonds is 5. The van der Waals surface area contributed by atoms with Gasteiger partial charge in [0.1, 0.15) is 5.75 Å². The van der Waals surface area contributed by atoms with Crippen LogP contribution in [0.2, 0.25) is 0 Å². The number of ether oxygens (including phenoxy) is 2. The molecule has 2 atom stereocenters. The molecular weight excluding hydrogens is 284 g/mol. The summed E-state index contributed by atoms with van der Waals surface area (Å²) in [6.07, 6.45) is 1.93. The third-order valence-corrected chi connectivity index (χ3v) is 4.60. The van der Waals surface area contributed by atoms with Crippen LogP contribution in [-0.2, 0) is 27.2 Å². The Bertz CT molecular complexity index is 580. The van der Waals surface area contributed by atoms with E-state index in [0.717, 1.165) is 23.3 Å². The van der Waals surface area contributed by atoms with Crippen LogP contribution in [0.4, 0.5) is 0 Å². The number of hydrogen-bond acceptors (Lipinski definition) is 4. The highest BCUT2D eigenvalue weighted by Crippen LogP contribution is 2.40. The van der Waals surface area contributed by atoms with Gasteiger partial charge in [0.25, 0.3) is 0 Å². The standard InChI is InChI=1S/C17H22O5/c1-4-22-16(20)17(2,15(18)19)13-7-5-12-10-14(21-3)8-6-11(12)9-13/h6,8,10,13H,4-5,7,9H2,1-3H3,(H,18,19)/t13-,17+/m0/s1. The van der Waals surface area contributed by atoms with E-state index in [2.05, 4.69) is 0 Å². The Labute approximate surface area is 130 Å². The number of aliphatic carboxylic acids is 1. The molecule has 0 saturated carbocycles. The second kappa shape index (κ2) is 6.38. The third kappa shape index (κ3) is 2.80. The quantitative estimate of drug-likeness (QED) is 0.668. The molecule has 1 N–H and O–H groups in total. The zero-order valence-corrected chi connectivity index (χ0v) is 13.2. The van der Waals surface area contributed by atoms with Crippen molar-refractivity contribution < 1.29 is 24.2 Å². The summed E-state index contributed by atoms with van der Waals surface area (Å²) in [5.74, 6) is -1.24. The van der Waals surface area contributed by atoms with E-state index < -0.39 is 17.4 Å². The van der Waals surface area contributed by atoms with Crippen LogP contribution < -0.4 is 4.74 Å². The summed E-state index contributed by atoms with van der Waals surface area (Å²) in [6, 6.07) is 5.80. The van der Waals surface area contributed by atoms with Crippen molar-refractivity contribution in [3.63, 3.8) is 0 Å². The SMILES string of the molecule is CCOC(=O)[C@@](C)(C(=O)O)[C@H]1CCc2cc(OC)ccc2C1. The number of carboxylic acids is 1. The molecule has 0 bridgehead atoms. The van der Waals surface area contributed by atoms with Crippen molar-refractivity contribution in [2.24, 2.45) is 11.3 Å². The molecule has 120 valence electrons. The molecule has 0 heterocycles. The molecule has 0 unspecified atom stereocenters. The molecule has 0 saturated heterocycles. The number of aryl methyl sites for hydroxylation is 1. The third-order valence-electron chi connectivity index (χ3n) is 4.60. The highest BCUT2D eigenvalue weighted by molar-refractivity contribution is 5.99. The number of benzene rings is 1. The van der Waals surface area contributed by atoms with E-state index in [4.69, 9.17) is 9.47 Å². The second-order valence-electron chi connectivity index (χ2n) is 5.80. The number of esters is 1. The first-order valence-electron chi connectivity index (χ1n) is 7.49. The first kappa shape index (κ1) is 16.3. The fraction of sp³-hybridized carbons (Fsp3) is 0.529. The van der Waals surface area contributed by atoms with Gasteiger partial charge in [-0.15, -0.1) is 0 Å². The lowest BCUT2D eigenvalue weighted by Gasteiger charge is -2.35. The van der Waals surface area contributed by atoms with Gasteiger partial charge in [-0.05, 0) is 62.3 Å². The molecule has 22 heavy (non-hydrogen) atoms. The zero-order valence-electron chi connectivity index (χ0n) is 13.2. The molecule has 1 aromatic rings. The lowest BCUT2D eigenvalue weighted by molar-refractivity contribution is -0.172. The Hall–Kier alpha value is -2.04. The number of carbonyl (C=O) groups is 2. The average molecular weight is 306 g/mol. The molecule has 0 aliphatic heterocycles. The number of fused-ring (bicyclic) bond motifs is 1. The van der Waals surface area contributed by atoms with E-state index in [1.165, 1.54) is 6.92 Å². The molecule has 2 rings (SSSR count). The first-order valence-corrected chi connectivity index (χ1v) is 7.49. The summed E-state index contributed by atoms with van der Waals surface area (Å²) in [5.41, 5.74) is 0.731. The monoisotopic (exact) mass is 306 g/mol. The first-order chi connectivity index (χ1) is 10.4. The van der Waals surface area contributed by atoms with E-state index in [-0.39, 0.29) is 12.5 Å². The zero-order chi connectivity index (χ0) is 16.3. The van der Waals surface area contributed by atoms with Crippen molar-refractivity contribution in [3.8, 4) is 5.75 Å². The summed E-state index contributed by atoms with van der Waals surface area (Å²) < 4.78 is 10.2. The van der Waals surface area contributed by atoms with Crippen LogP contribution in [-0.4, -0.2) is 30.8 Å². The molecular formula is C17H22O5. The average Bonchev–Trinajstić information content (AvgIpc) is 2.52. The minimum absolute atomic E-state index is 0.183. The van der Waals surface area contributed by atoms with Crippen LogP contribution in [0.1, 0.15) is 31.4 Å². The second-order valence-corrected chi connectivity index (χ2v) is 5.80. The molecule has 0 fully saturated rings. The topological polar surface area (TPSA) is 72.8 Å². The van der Waals surface area contributed by atoms with Gasteiger partial charge in [-0.25, -0.2) is 0 Å². The van der Waals surface area contributed by atoms with Crippen molar-refractivity contribution in [1.29, 1.82) is 0 Å². The summed E-state index contributed by atoms with van der Waals surface area (Å²) in [7, 11) is 1.62. The van der Waals surface area contributed by atoms with Crippen LogP contribution in [0.5, 0.6) is 5.75 Å². The van der Waals surface area contributed by atoms with Crippen LogP contribution >= 0.6 is 0 Å². The van der Waals surface area contributed by atoms with Crippen molar-refractivity contribution in [3.05, 3.63) is 29.3 Å². The van der Waals surface area contributed by atoms with Crippen LogP contribution in [0.25, 0.3) is 0 Å². The molecule has 5 nitrogen and oxygen atoms in total. The molecule has 0 spiro atoms. The Morgan fingerprint density at radius 1 is 1.36 bits per heavy atom. The number of carboxylic acid groups (broad SMARTS) is 1. The summed E-state index contributed by atoms with van der Waals surface area (Å²) >= 11 is 0. The Morgan fingerprint density at radius 3 is 2.68 bits per heavy atom. The van der Waals surface area contributed by atoms with Crippen LogP contribution in [0.15, 0.2) is 18.2 Å². The van der Waals surface area contributed by atoms with Crippen molar-refractivity contribution >= 4 is 11.9 Å². The molecule has 1 aliphatic rings. The largest absolute Gasteiger partial charge is 0.497 e. The minimum Gasteiger partial charge on any atom is -0.497 e. The predicted octanol–water partition coefficient (Wildman–Crippen LogP) is 2.45. The Balaban J connectivity index is 2.28. The molecule has 1 aliphatic carbocycles. The minimum atomic E-state index is -1.51. The van der Waals surface area contributed by atoms with Crippen LogP contribution in [0.3, 0.4) is 0 Å². The maximum atomic E-state index is 12.2. The lowest BCUT2D eigenvalue weighted by atomic mass is 9.68. The molecule has 0 amide bonds. The van der Waals surface area contributed by atoms with Gasteiger partial charge >= 0.3 is 11.9 Å². The fourth-order valence-corrected chi connectivity index (χ4v) is 3.06. The van der Waals surface area contributed by atoms with Crippen molar-refractivity contribution in [2.75, 3.05) is 13.7 Å². The van der Waals surface area contributed by atoms with Gasteiger partial charge in [0.05, 0.1) is 13.7 Å². The number of carbonyl (C=O) groups excluding carboxylic acids is 1. The normalized spacial score (nSPS) is 19.7. The number of methoxy groups -OCH3 is 1. The van der Waals surface area contributed by atoms with Gasteiger partial charge in [0, 0.05) is 0 Å². The Kier molecular flexibility index (Phi) is 4.74. The fourth-order valence-electron chi connectivity index (χ4n) is 3.06. The summed E-state index contributed by atoms with van der Waals surface area (Å²) in [5, 5.41) is 9.59. The maximum absolute atomic E-state index is 12.2. The van der Waals surface area contributed by atoms with Gasteiger partial charge < -0.3 is 14.6 Å². The Morgan fingerprint density at radius 2 is 2.09 bits per heavy atom. The van der Waals surface area contributed by atoms with Crippen molar-refractivity contribution in [2.45, 2.75) is 33.1 Å². The predicted molar refractivity (Wildman–Crippen MR) is 80.9 cm³/mol. The highest BCUT2D eigenvalue weighted by Gasteiger charge is 2.50. The van der Waals surface area contributed by atoms with Gasteiger partial charge in [-0.1, -0.05) is 6.07 Å². The van der Waals surface area contributed by atoms with Crippen LogP contribution in [0, 0.1) is 11.3 Å². The van der Waals surface area contributed by atoms with E-state index in [0.29, 0.717) is 12.8 Å². The molecule has 1 aromatic carbocycles. The van der Waals surface area contributed by atoms with E-state index in [1.807, 2.05) is 18.2 Å².